The van der Waals surface area contributed by atoms with E-state index >= 15 is 0 Å². The molecular formula is C24H27NO2. The minimum atomic E-state index is -0.616. The highest BCUT2D eigenvalue weighted by Gasteiger charge is 2.14. The normalized spacial score (nSPS) is 13.1. The minimum Gasteiger partial charge on any atom is -0.489 e. The van der Waals surface area contributed by atoms with Gasteiger partial charge in [-0.15, -0.1) is 0 Å². The van der Waals surface area contributed by atoms with Gasteiger partial charge >= 0.3 is 0 Å². The minimum absolute atomic E-state index is 0.277. The lowest BCUT2D eigenvalue weighted by Gasteiger charge is -2.20. The second kappa shape index (κ2) is 9.91. The van der Waals surface area contributed by atoms with Gasteiger partial charge in [-0.1, -0.05) is 78.9 Å². The van der Waals surface area contributed by atoms with Crippen LogP contribution in [0.3, 0.4) is 0 Å². The van der Waals surface area contributed by atoms with E-state index in [9.17, 15) is 5.11 Å². The van der Waals surface area contributed by atoms with E-state index in [4.69, 9.17) is 4.74 Å². The number of rotatable bonds is 9. The molecule has 0 aromatic heterocycles. The lowest BCUT2D eigenvalue weighted by Crippen LogP contribution is -2.32. The maximum atomic E-state index is 10.7. The topological polar surface area (TPSA) is 41.5 Å². The predicted octanol–water partition coefficient (Wildman–Crippen LogP) is 4.52. The van der Waals surface area contributed by atoms with E-state index in [1.807, 2.05) is 60.7 Å². The van der Waals surface area contributed by atoms with Gasteiger partial charge in [0.25, 0.3) is 0 Å². The average Bonchev–Trinajstić information content (AvgIpc) is 2.72. The van der Waals surface area contributed by atoms with Crippen molar-refractivity contribution in [2.75, 3.05) is 6.54 Å². The van der Waals surface area contributed by atoms with Crippen LogP contribution in [0.1, 0.15) is 29.7 Å². The van der Waals surface area contributed by atoms with E-state index < -0.39 is 6.10 Å². The summed E-state index contributed by atoms with van der Waals surface area (Å²) in [7, 11) is 0. The fourth-order valence-electron chi connectivity index (χ4n) is 3.09. The van der Waals surface area contributed by atoms with Crippen LogP contribution in [0.25, 0.3) is 0 Å². The van der Waals surface area contributed by atoms with Crippen LogP contribution in [0.15, 0.2) is 84.9 Å². The van der Waals surface area contributed by atoms with Crippen LogP contribution in [-0.2, 0) is 13.0 Å². The molecule has 27 heavy (non-hydrogen) atoms. The first-order valence-corrected chi connectivity index (χ1v) is 9.43. The Labute approximate surface area is 161 Å². The largest absolute Gasteiger partial charge is 0.489 e. The standard InChI is InChI=1S/C24H27NO2/c1-19(16-20-10-4-2-5-11-20)25-17-23(26)22-14-8-9-15-24(22)27-18-21-12-6-3-7-13-21/h2-15,19,23,25-26H,16-18H2,1H3/t19?,23-/m0/s1. The van der Waals surface area contributed by atoms with E-state index in [0.29, 0.717) is 13.2 Å². The molecule has 2 N–H and O–H groups in total. The highest BCUT2D eigenvalue weighted by molar-refractivity contribution is 5.35. The molecule has 3 aromatic carbocycles. The molecule has 3 aromatic rings. The number of aliphatic hydroxyl groups excluding tert-OH is 1. The van der Waals surface area contributed by atoms with Gasteiger partial charge in [0.15, 0.2) is 0 Å². The van der Waals surface area contributed by atoms with E-state index in [1.165, 1.54) is 5.56 Å². The summed E-state index contributed by atoms with van der Waals surface area (Å²) in [6.45, 7) is 3.11. The number of hydrogen-bond acceptors (Lipinski definition) is 3. The molecule has 0 saturated carbocycles. The molecule has 0 aliphatic heterocycles. The average molecular weight is 361 g/mol. The van der Waals surface area contributed by atoms with Gasteiger partial charge < -0.3 is 15.2 Å². The van der Waals surface area contributed by atoms with E-state index in [1.54, 1.807) is 0 Å². The van der Waals surface area contributed by atoms with Crippen molar-refractivity contribution in [3.63, 3.8) is 0 Å². The lowest BCUT2D eigenvalue weighted by atomic mass is 10.1. The molecule has 0 spiro atoms. The summed E-state index contributed by atoms with van der Waals surface area (Å²) >= 11 is 0. The Morgan fingerprint density at radius 2 is 1.41 bits per heavy atom. The molecule has 3 heteroatoms. The number of benzene rings is 3. The Morgan fingerprint density at radius 3 is 2.11 bits per heavy atom. The highest BCUT2D eigenvalue weighted by atomic mass is 16.5. The van der Waals surface area contributed by atoms with Crippen molar-refractivity contribution >= 4 is 0 Å². The van der Waals surface area contributed by atoms with Crippen molar-refractivity contribution in [2.45, 2.75) is 32.1 Å². The smallest absolute Gasteiger partial charge is 0.125 e. The lowest BCUT2D eigenvalue weighted by molar-refractivity contribution is 0.163. The summed E-state index contributed by atoms with van der Waals surface area (Å²) in [4.78, 5) is 0. The second-order valence-electron chi connectivity index (χ2n) is 6.83. The molecule has 140 valence electrons. The van der Waals surface area contributed by atoms with Crippen molar-refractivity contribution < 1.29 is 9.84 Å². The number of aliphatic hydroxyl groups is 1. The summed E-state index contributed by atoms with van der Waals surface area (Å²) in [5.41, 5.74) is 3.21. The number of para-hydroxylation sites is 1. The Bertz CT molecular complexity index is 805. The van der Waals surface area contributed by atoms with Crippen molar-refractivity contribution in [3.05, 3.63) is 102 Å². The molecule has 0 aliphatic carbocycles. The van der Waals surface area contributed by atoms with Crippen molar-refractivity contribution in [3.8, 4) is 5.75 Å². The molecule has 0 radical (unpaired) electrons. The molecule has 1 unspecified atom stereocenters. The monoisotopic (exact) mass is 361 g/mol. The third-order valence-corrected chi connectivity index (χ3v) is 4.56. The molecule has 0 heterocycles. The molecule has 3 rings (SSSR count). The van der Waals surface area contributed by atoms with Crippen LogP contribution in [0.5, 0.6) is 5.75 Å². The van der Waals surface area contributed by atoms with Crippen molar-refractivity contribution in [1.82, 2.24) is 5.32 Å². The summed E-state index contributed by atoms with van der Waals surface area (Å²) in [5, 5.41) is 14.1. The Kier molecular flexibility index (Phi) is 7.03. The van der Waals surface area contributed by atoms with Crippen LogP contribution in [0, 0.1) is 0 Å². The SMILES string of the molecule is CC(Cc1ccccc1)NC[C@H](O)c1ccccc1OCc1ccccc1. The maximum absolute atomic E-state index is 10.7. The Morgan fingerprint density at radius 1 is 0.815 bits per heavy atom. The highest BCUT2D eigenvalue weighted by Crippen LogP contribution is 2.25. The molecule has 0 aliphatic rings. The Balaban J connectivity index is 1.55. The summed E-state index contributed by atoms with van der Waals surface area (Å²) in [6, 6.07) is 28.4. The van der Waals surface area contributed by atoms with Crippen molar-refractivity contribution in [2.24, 2.45) is 0 Å². The van der Waals surface area contributed by atoms with E-state index in [0.717, 1.165) is 23.3 Å². The van der Waals surface area contributed by atoms with Crippen LogP contribution in [0.2, 0.25) is 0 Å². The third kappa shape index (κ3) is 5.95. The van der Waals surface area contributed by atoms with E-state index in [-0.39, 0.29) is 6.04 Å². The summed E-state index contributed by atoms with van der Waals surface area (Å²) in [6.07, 6.45) is 0.315. The quantitative estimate of drug-likeness (QED) is 0.589. The Hall–Kier alpha value is -2.62. The fourth-order valence-corrected chi connectivity index (χ4v) is 3.09. The van der Waals surface area contributed by atoms with Gasteiger partial charge in [0.1, 0.15) is 12.4 Å². The van der Waals surface area contributed by atoms with Crippen LogP contribution >= 0.6 is 0 Å². The van der Waals surface area contributed by atoms with Crippen molar-refractivity contribution in [1.29, 1.82) is 0 Å². The van der Waals surface area contributed by atoms with Crippen LogP contribution in [-0.4, -0.2) is 17.7 Å². The zero-order chi connectivity index (χ0) is 18.9. The first kappa shape index (κ1) is 19.2. The van der Waals surface area contributed by atoms with Crippen LogP contribution in [0.4, 0.5) is 0 Å². The van der Waals surface area contributed by atoms with E-state index in [2.05, 4.69) is 36.5 Å². The molecular weight excluding hydrogens is 334 g/mol. The van der Waals surface area contributed by atoms with Gasteiger partial charge in [0.2, 0.25) is 0 Å². The van der Waals surface area contributed by atoms with Gasteiger partial charge in [0, 0.05) is 18.2 Å². The molecule has 0 bridgehead atoms. The van der Waals surface area contributed by atoms with Gasteiger partial charge in [-0.05, 0) is 30.5 Å². The number of hydrogen-bond donors (Lipinski definition) is 2. The zero-order valence-corrected chi connectivity index (χ0v) is 15.7. The first-order valence-electron chi connectivity index (χ1n) is 9.43. The van der Waals surface area contributed by atoms with Gasteiger partial charge in [-0.25, -0.2) is 0 Å². The van der Waals surface area contributed by atoms with Gasteiger partial charge in [-0.3, -0.25) is 0 Å². The predicted molar refractivity (Wildman–Crippen MR) is 110 cm³/mol. The summed E-state index contributed by atoms with van der Waals surface area (Å²) < 4.78 is 5.96. The van der Waals surface area contributed by atoms with Gasteiger partial charge in [0.05, 0.1) is 6.10 Å². The van der Waals surface area contributed by atoms with Crippen LogP contribution < -0.4 is 10.1 Å². The zero-order valence-electron chi connectivity index (χ0n) is 15.7. The summed E-state index contributed by atoms with van der Waals surface area (Å²) in [5.74, 6) is 0.728. The molecule has 3 nitrogen and oxygen atoms in total. The molecule has 0 saturated heterocycles. The number of nitrogens with one attached hydrogen (secondary N) is 1. The third-order valence-electron chi connectivity index (χ3n) is 4.56. The van der Waals surface area contributed by atoms with Gasteiger partial charge in [-0.2, -0.15) is 0 Å². The fraction of sp³-hybridized carbons (Fsp3) is 0.250. The molecule has 2 atom stereocenters. The number of ether oxygens (including phenoxy) is 1. The molecule has 0 amide bonds. The first-order chi connectivity index (χ1) is 13.2. The molecule has 0 fully saturated rings. The second-order valence-corrected chi connectivity index (χ2v) is 6.83. The maximum Gasteiger partial charge on any atom is 0.125 e.